The Morgan fingerprint density at radius 1 is 1.54 bits per heavy atom. The predicted molar refractivity (Wildman–Crippen MR) is 44.9 cm³/mol. The van der Waals surface area contributed by atoms with E-state index in [1.54, 1.807) is 0 Å². The lowest BCUT2D eigenvalue weighted by molar-refractivity contribution is -0.146. The first-order valence-electron chi connectivity index (χ1n) is 4.61. The Morgan fingerprint density at radius 3 is 3.00 bits per heavy atom. The number of rotatable bonds is 1. The first kappa shape index (κ1) is 8.53. The highest BCUT2D eigenvalue weighted by Gasteiger charge is 2.45. The third-order valence-electron chi connectivity index (χ3n) is 3.02. The molecule has 0 aromatic carbocycles. The molecule has 1 unspecified atom stereocenters. The van der Waals surface area contributed by atoms with Crippen LogP contribution in [-0.2, 0) is 14.3 Å². The van der Waals surface area contributed by atoms with E-state index in [-0.39, 0.29) is 23.8 Å². The van der Waals surface area contributed by atoms with Crippen LogP contribution < -0.4 is 0 Å². The van der Waals surface area contributed by atoms with Gasteiger partial charge < -0.3 is 9.64 Å². The Bertz CT molecular complexity index is 251. The number of nitrogens with zero attached hydrogens (tertiary/aromatic N) is 1. The summed E-state index contributed by atoms with van der Waals surface area (Å²) in [6.07, 6.45) is 2.18. The summed E-state index contributed by atoms with van der Waals surface area (Å²) >= 11 is 0. The molecule has 0 aliphatic carbocycles. The highest BCUT2D eigenvalue weighted by molar-refractivity contribution is 5.82. The molecule has 0 aromatic heterocycles. The minimum Gasteiger partial charge on any atom is -0.469 e. The first-order chi connectivity index (χ1) is 6.24. The van der Waals surface area contributed by atoms with E-state index in [1.165, 1.54) is 7.11 Å². The van der Waals surface area contributed by atoms with Crippen LogP contribution in [0.1, 0.15) is 19.3 Å². The van der Waals surface area contributed by atoms with Gasteiger partial charge in [0.15, 0.2) is 0 Å². The summed E-state index contributed by atoms with van der Waals surface area (Å²) in [6.45, 7) is 0.725. The summed E-state index contributed by atoms with van der Waals surface area (Å²) in [5.74, 6) is -0.0462. The third-order valence-corrected chi connectivity index (χ3v) is 3.02. The summed E-state index contributed by atoms with van der Waals surface area (Å²) in [5, 5.41) is 0. The van der Waals surface area contributed by atoms with Crippen LogP contribution in [0.15, 0.2) is 0 Å². The molecule has 2 heterocycles. The summed E-state index contributed by atoms with van der Waals surface area (Å²) in [4.78, 5) is 24.4. The summed E-state index contributed by atoms with van der Waals surface area (Å²) in [5.41, 5.74) is 0. The molecule has 2 fully saturated rings. The van der Waals surface area contributed by atoms with Crippen LogP contribution in [0, 0.1) is 5.92 Å². The molecule has 2 rings (SSSR count). The molecule has 0 radical (unpaired) electrons. The van der Waals surface area contributed by atoms with Gasteiger partial charge in [-0.25, -0.2) is 0 Å². The average molecular weight is 183 g/mol. The number of carbonyl (C=O) groups is 2. The second-order valence-corrected chi connectivity index (χ2v) is 3.61. The maximum Gasteiger partial charge on any atom is 0.310 e. The van der Waals surface area contributed by atoms with E-state index in [0.717, 1.165) is 19.4 Å². The van der Waals surface area contributed by atoms with Crippen molar-refractivity contribution in [2.45, 2.75) is 25.3 Å². The van der Waals surface area contributed by atoms with Crippen LogP contribution >= 0.6 is 0 Å². The first-order valence-corrected chi connectivity index (χ1v) is 4.61. The van der Waals surface area contributed by atoms with E-state index >= 15 is 0 Å². The number of hydrogen-bond acceptors (Lipinski definition) is 3. The zero-order valence-corrected chi connectivity index (χ0v) is 7.66. The maximum absolute atomic E-state index is 11.3. The van der Waals surface area contributed by atoms with E-state index in [1.807, 2.05) is 4.90 Å². The van der Waals surface area contributed by atoms with Crippen molar-refractivity contribution in [2.24, 2.45) is 5.92 Å². The van der Waals surface area contributed by atoms with Gasteiger partial charge in [0.25, 0.3) is 0 Å². The molecule has 0 bridgehead atoms. The van der Waals surface area contributed by atoms with Crippen LogP contribution in [0.4, 0.5) is 0 Å². The highest BCUT2D eigenvalue weighted by Crippen LogP contribution is 2.33. The van der Waals surface area contributed by atoms with Gasteiger partial charge in [-0.2, -0.15) is 0 Å². The standard InChI is InChI=1S/C9H13NO3/c1-13-9(12)6-4-5-10-7(6)2-3-8(10)11/h6-7H,2-5H2,1H3/t6-,7?/m1/s1. The predicted octanol–water partition coefficient (Wildman–Crippen LogP) is 0.170. The van der Waals surface area contributed by atoms with E-state index in [9.17, 15) is 9.59 Å². The lowest BCUT2D eigenvalue weighted by atomic mass is 9.99. The molecule has 0 spiro atoms. The quantitative estimate of drug-likeness (QED) is 0.544. The van der Waals surface area contributed by atoms with E-state index in [0.29, 0.717) is 6.42 Å². The van der Waals surface area contributed by atoms with E-state index in [2.05, 4.69) is 0 Å². The molecule has 0 aromatic rings. The lowest BCUT2D eigenvalue weighted by Gasteiger charge is -2.18. The van der Waals surface area contributed by atoms with Gasteiger partial charge >= 0.3 is 5.97 Å². The normalized spacial score (nSPS) is 32.1. The van der Waals surface area contributed by atoms with Crippen LogP contribution in [0.5, 0.6) is 0 Å². The van der Waals surface area contributed by atoms with E-state index < -0.39 is 0 Å². The molecule has 2 atom stereocenters. The lowest BCUT2D eigenvalue weighted by Crippen LogP contribution is -2.32. The molecule has 4 nitrogen and oxygen atoms in total. The van der Waals surface area contributed by atoms with Crippen molar-refractivity contribution >= 4 is 11.9 Å². The third kappa shape index (κ3) is 1.20. The number of ether oxygens (including phenoxy) is 1. The van der Waals surface area contributed by atoms with Gasteiger partial charge in [-0.15, -0.1) is 0 Å². The number of amides is 1. The highest BCUT2D eigenvalue weighted by atomic mass is 16.5. The number of esters is 1. The smallest absolute Gasteiger partial charge is 0.310 e. The van der Waals surface area contributed by atoms with Gasteiger partial charge in [-0.3, -0.25) is 9.59 Å². The number of hydrogen-bond donors (Lipinski definition) is 0. The number of fused-ring (bicyclic) bond motifs is 1. The van der Waals surface area contributed by atoms with Gasteiger partial charge in [0.05, 0.1) is 13.0 Å². The van der Waals surface area contributed by atoms with Crippen molar-refractivity contribution in [1.29, 1.82) is 0 Å². The fourth-order valence-electron chi connectivity index (χ4n) is 2.36. The van der Waals surface area contributed by atoms with Gasteiger partial charge in [-0.05, 0) is 12.8 Å². The van der Waals surface area contributed by atoms with Crippen molar-refractivity contribution in [3.05, 3.63) is 0 Å². The Hall–Kier alpha value is -1.06. The molecule has 0 saturated carbocycles. The molecular weight excluding hydrogens is 170 g/mol. The zero-order valence-electron chi connectivity index (χ0n) is 7.66. The Morgan fingerprint density at radius 2 is 2.31 bits per heavy atom. The van der Waals surface area contributed by atoms with Crippen LogP contribution in [0.25, 0.3) is 0 Å². The van der Waals surface area contributed by atoms with Crippen LogP contribution in [0.2, 0.25) is 0 Å². The van der Waals surface area contributed by atoms with Crippen LogP contribution in [-0.4, -0.2) is 36.5 Å². The van der Waals surface area contributed by atoms with Crippen molar-refractivity contribution in [1.82, 2.24) is 4.90 Å². The molecule has 13 heavy (non-hydrogen) atoms. The molecule has 4 heteroatoms. The van der Waals surface area contributed by atoms with Crippen molar-refractivity contribution in [2.75, 3.05) is 13.7 Å². The number of methoxy groups -OCH3 is 1. The van der Waals surface area contributed by atoms with Gasteiger partial charge in [0, 0.05) is 19.0 Å². The van der Waals surface area contributed by atoms with Gasteiger partial charge in [0.2, 0.25) is 5.91 Å². The SMILES string of the molecule is COC(=O)[C@@H]1CCN2C(=O)CCC12. The fraction of sp³-hybridized carbons (Fsp3) is 0.778. The Labute approximate surface area is 76.8 Å². The Balaban J connectivity index is 2.10. The second kappa shape index (κ2) is 3.01. The molecule has 0 N–H and O–H groups in total. The zero-order chi connectivity index (χ0) is 9.42. The van der Waals surface area contributed by atoms with Gasteiger partial charge in [0.1, 0.15) is 0 Å². The average Bonchev–Trinajstić information content (AvgIpc) is 2.68. The number of carbonyl (C=O) groups excluding carboxylic acids is 2. The monoisotopic (exact) mass is 183 g/mol. The second-order valence-electron chi connectivity index (χ2n) is 3.61. The summed E-state index contributed by atoms with van der Waals surface area (Å²) < 4.78 is 4.70. The van der Waals surface area contributed by atoms with Crippen molar-refractivity contribution in [3.8, 4) is 0 Å². The molecule has 2 aliphatic heterocycles. The topological polar surface area (TPSA) is 46.6 Å². The maximum atomic E-state index is 11.3. The van der Waals surface area contributed by atoms with Crippen molar-refractivity contribution in [3.63, 3.8) is 0 Å². The summed E-state index contributed by atoms with van der Waals surface area (Å²) in [6, 6.07) is 0.125. The molecule has 2 saturated heterocycles. The fourth-order valence-corrected chi connectivity index (χ4v) is 2.36. The van der Waals surface area contributed by atoms with Crippen LogP contribution in [0.3, 0.4) is 0 Å². The molecular formula is C9H13NO3. The molecule has 2 aliphatic rings. The molecule has 72 valence electrons. The van der Waals surface area contributed by atoms with E-state index in [4.69, 9.17) is 4.74 Å². The minimum atomic E-state index is -0.165. The minimum absolute atomic E-state index is 0.0727. The summed E-state index contributed by atoms with van der Waals surface area (Å²) in [7, 11) is 1.40. The molecule has 1 amide bonds. The Kier molecular flexibility index (Phi) is 1.98. The van der Waals surface area contributed by atoms with Gasteiger partial charge in [-0.1, -0.05) is 0 Å². The largest absolute Gasteiger partial charge is 0.469 e. The van der Waals surface area contributed by atoms with Crippen molar-refractivity contribution < 1.29 is 14.3 Å².